The molecule has 15 heavy (non-hydrogen) atoms. The van der Waals surface area contributed by atoms with E-state index >= 15 is 0 Å². The van der Waals surface area contributed by atoms with Gasteiger partial charge in [-0.3, -0.25) is 0 Å². The molecule has 0 saturated carbocycles. The van der Waals surface area contributed by atoms with Crippen molar-refractivity contribution in [3.63, 3.8) is 0 Å². The Balaban J connectivity index is 2.11. The van der Waals surface area contributed by atoms with E-state index in [9.17, 15) is 4.39 Å². The highest BCUT2D eigenvalue weighted by Gasteiger charge is 2.06. The molecule has 0 amide bonds. The molecule has 78 valence electrons. The lowest BCUT2D eigenvalue weighted by molar-refractivity contribution is 0.618. The Kier molecular flexibility index (Phi) is 2.91. The van der Waals surface area contributed by atoms with E-state index in [1.165, 1.54) is 17.8 Å². The van der Waals surface area contributed by atoms with Crippen LogP contribution in [0, 0.1) is 5.82 Å². The molecule has 1 aromatic heterocycles. The number of H-pyrrole nitrogens is 1. The maximum absolute atomic E-state index is 13.4. The van der Waals surface area contributed by atoms with E-state index in [1.807, 2.05) is 0 Å². The SMILES string of the molecule is Nc1cccc(F)c1CSc1ncc[nH]1. The molecule has 1 heterocycles. The summed E-state index contributed by atoms with van der Waals surface area (Å²) in [5, 5.41) is 0.762. The molecule has 2 aromatic rings. The first-order chi connectivity index (χ1) is 7.27. The van der Waals surface area contributed by atoms with Gasteiger partial charge in [-0.2, -0.15) is 0 Å². The number of aromatic nitrogens is 2. The molecule has 0 bridgehead atoms. The highest BCUT2D eigenvalue weighted by molar-refractivity contribution is 7.98. The highest BCUT2D eigenvalue weighted by Crippen LogP contribution is 2.24. The summed E-state index contributed by atoms with van der Waals surface area (Å²) in [5.41, 5.74) is 6.68. The van der Waals surface area contributed by atoms with Gasteiger partial charge < -0.3 is 10.7 Å². The summed E-state index contributed by atoms with van der Waals surface area (Å²) in [4.78, 5) is 6.97. The van der Waals surface area contributed by atoms with Crippen LogP contribution in [0.15, 0.2) is 35.7 Å². The Morgan fingerprint density at radius 1 is 1.47 bits per heavy atom. The first-order valence-electron chi connectivity index (χ1n) is 4.42. The van der Waals surface area contributed by atoms with Gasteiger partial charge in [-0.05, 0) is 12.1 Å². The second-order valence-corrected chi connectivity index (χ2v) is 3.95. The molecule has 0 spiro atoms. The van der Waals surface area contributed by atoms with Gasteiger partial charge in [0.25, 0.3) is 0 Å². The van der Waals surface area contributed by atoms with Crippen molar-refractivity contribution < 1.29 is 4.39 Å². The molecule has 0 atom stereocenters. The molecular formula is C10H10FN3S. The van der Waals surface area contributed by atoms with Crippen LogP contribution in [-0.2, 0) is 5.75 Å². The minimum Gasteiger partial charge on any atom is -0.398 e. The molecule has 3 N–H and O–H groups in total. The van der Waals surface area contributed by atoms with Crippen LogP contribution < -0.4 is 5.73 Å². The highest BCUT2D eigenvalue weighted by atomic mass is 32.2. The third kappa shape index (κ3) is 2.30. The monoisotopic (exact) mass is 223 g/mol. The van der Waals surface area contributed by atoms with Crippen LogP contribution in [0.25, 0.3) is 0 Å². The summed E-state index contributed by atoms with van der Waals surface area (Å²) in [6, 6.07) is 4.71. The smallest absolute Gasteiger partial charge is 0.165 e. The Morgan fingerprint density at radius 3 is 3.00 bits per heavy atom. The topological polar surface area (TPSA) is 54.7 Å². The molecule has 0 aliphatic heterocycles. The Morgan fingerprint density at radius 2 is 2.33 bits per heavy atom. The van der Waals surface area contributed by atoms with Crippen LogP contribution in [-0.4, -0.2) is 9.97 Å². The second-order valence-electron chi connectivity index (χ2n) is 2.99. The number of anilines is 1. The third-order valence-corrected chi connectivity index (χ3v) is 2.91. The lowest BCUT2D eigenvalue weighted by Gasteiger charge is -2.04. The summed E-state index contributed by atoms with van der Waals surface area (Å²) in [5.74, 6) is 0.209. The normalized spacial score (nSPS) is 10.5. The molecular weight excluding hydrogens is 213 g/mol. The lowest BCUT2D eigenvalue weighted by atomic mass is 10.2. The van der Waals surface area contributed by atoms with E-state index in [1.54, 1.807) is 24.5 Å². The van der Waals surface area contributed by atoms with E-state index < -0.39 is 0 Å². The fraction of sp³-hybridized carbons (Fsp3) is 0.100. The van der Waals surface area contributed by atoms with Gasteiger partial charge >= 0.3 is 0 Å². The number of nitrogens with two attached hydrogens (primary N) is 1. The maximum atomic E-state index is 13.4. The van der Waals surface area contributed by atoms with Crippen LogP contribution in [0.4, 0.5) is 10.1 Å². The van der Waals surface area contributed by atoms with Crippen LogP contribution >= 0.6 is 11.8 Å². The summed E-state index contributed by atoms with van der Waals surface area (Å²) < 4.78 is 13.4. The molecule has 0 aliphatic carbocycles. The number of imidazole rings is 1. The number of hydrogen-bond donors (Lipinski definition) is 2. The summed E-state index contributed by atoms with van der Waals surface area (Å²) in [6.45, 7) is 0. The molecule has 0 aliphatic rings. The third-order valence-electron chi connectivity index (χ3n) is 1.98. The van der Waals surface area contributed by atoms with Crippen molar-refractivity contribution in [2.75, 3.05) is 5.73 Å². The van der Waals surface area contributed by atoms with E-state index in [2.05, 4.69) is 9.97 Å². The van der Waals surface area contributed by atoms with E-state index in [-0.39, 0.29) is 5.82 Å². The standard InChI is InChI=1S/C10H10FN3S/c11-8-2-1-3-9(12)7(8)6-15-10-13-4-5-14-10/h1-5H,6,12H2,(H,13,14). The van der Waals surface area contributed by atoms with Crippen LogP contribution in [0.2, 0.25) is 0 Å². The fourth-order valence-corrected chi connectivity index (χ4v) is 2.07. The van der Waals surface area contributed by atoms with Gasteiger partial charge in [0.05, 0.1) is 0 Å². The molecule has 1 aromatic carbocycles. The minimum absolute atomic E-state index is 0.269. The van der Waals surface area contributed by atoms with Crippen molar-refractivity contribution in [1.29, 1.82) is 0 Å². The number of halogens is 1. The van der Waals surface area contributed by atoms with Gasteiger partial charge in [0, 0.05) is 29.4 Å². The van der Waals surface area contributed by atoms with Crippen molar-refractivity contribution in [2.45, 2.75) is 10.9 Å². The zero-order valence-corrected chi connectivity index (χ0v) is 8.72. The van der Waals surface area contributed by atoms with Gasteiger partial charge in [0.15, 0.2) is 5.16 Å². The van der Waals surface area contributed by atoms with Crippen LogP contribution in [0.5, 0.6) is 0 Å². The summed E-state index contributed by atoms with van der Waals surface area (Å²) >= 11 is 1.42. The summed E-state index contributed by atoms with van der Waals surface area (Å²) in [6.07, 6.45) is 3.39. The molecule has 0 radical (unpaired) electrons. The average molecular weight is 223 g/mol. The predicted molar refractivity (Wildman–Crippen MR) is 59.0 cm³/mol. The first kappa shape index (κ1) is 10.0. The van der Waals surface area contributed by atoms with Gasteiger partial charge in [0.2, 0.25) is 0 Å². The van der Waals surface area contributed by atoms with Gasteiger partial charge in [-0.15, -0.1) is 0 Å². The largest absolute Gasteiger partial charge is 0.398 e. The molecule has 5 heteroatoms. The van der Waals surface area contributed by atoms with Crippen molar-refractivity contribution in [1.82, 2.24) is 9.97 Å². The first-order valence-corrected chi connectivity index (χ1v) is 5.41. The van der Waals surface area contributed by atoms with Crippen LogP contribution in [0.1, 0.15) is 5.56 Å². The van der Waals surface area contributed by atoms with Crippen molar-refractivity contribution in [3.8, 4) is 0 Å². The maximum Gasteiger partial charge on any atom is 0.165 e. The van der Waals surface area contributed by atoms with E-state index in [0.717, 1.165) is 5.16 Å². The second kappa shape index (κ2) is 4.35. The van der Waals surface area contributed by atoms with Gasteiger partial charge in [-0.25, -0.2) is 9.37 Å². The molecule has 2 rings (SSSR count). The number of aromatic amines is 1. The number of nitrogens with zero attached hydrogens (tertiary/aromatic N) is 1. The molecule has 0 unspecified atom stereocenters. The number of benzene rings is 1. The number of nitrogens with one attached hydrogen (secondary N) is 1. The van der Waals surface area contributed by atoms with Crippen molar-refractivity contribution in [3.05, 3.63) is 42.0 Å². The van der Waals surface area contributed by atoms with E-state index in [4.69, 9.17) is 5.73 Å². The number of hydrogen-bond acceptors (Lipinski definition) is 3. The minimum atomic E-state index is -0.269. The quantitative estimate of drug-likeness (QED) is 0.620. The van der Waals surface area contributed by atoms with Crippen molar-refractivity contribution >= 4 is 17.4 Å². The summed E-state index contributed by atoms with van der Waals surface area (Å²) in [7, 11) is 0. The average Bonchev–Trinajstić information content (AvgIpc) is 2.70. The Bertz CT molecular complexity index is 422. The predicted octanol–water partition coefficient (Wildman–Crippen LogP) is 2.42. The molecule has 3 nitrogen and oxygen atoms in total. The fourth-order valence-electron chi connectivity index (χ4n) is 1.20. The Labute approximate surface area is 90.9 Å². The van der Waals surface area contributed by atoms with Crippen LogP contribution in [0.3, 0.4) is 0 Å². The zero-order valence-electron chi connectivity index (χ0n) is 7.90. The molecule has 0 saturated heterocycles. The van der Waals surface area contributed by atoms with Gasteiger partial charge in [0.1, 0.15) is 5.82 Å². The number of rotatable bonds is 3. The van der Waals surface area contributed by atoms with E-state index in [0.29, 0.717) is 17.0 Å². The lowest BCUT2D eigenvalue weighted by Crippen LogP contribution is -1.96. The number of thioether (sulfide) groups is 1. The van der Waals surface area contributed by atoms with Gasteiger partial charge in [-0.1, -0.05) is 17.8 Å². The zero-order chi connectivity index (χ0) is 10.7. The Hall–Kier alpha value is -1.49. The molecule has 0 fully saturated rings. The number of nitrogen functional groups attached to an aromatic ring is 1. The van der Waals surface area contributed by atoms with Crippen molar-refractivity contribution in [2.24, 2.45) is 0 Å².